The van der Waals surface area contributed by atoms with E-state index in [-0.39, 0.29) is 0 Å². The zero-order chi connectivity index (χ0) is 8.85. The molecular weight excluding hydrogens is 148 g/mol. The highest BCUT2D eigenvalue weighted by molar-refractivity contribution is 6.28. The largest absolute Gasteiger partial charge is 0.473 e. The SMILES string of the molecule is C#CC(CC)OC(=O)C(=O)O. The van der Waals surface area contributed by atoms with Crippen molar-refractivity contribution < 1.29 is 19.4 Å². The second-order valence-electron chi connectivity index (χ2n) is 1.77. The van der Waals surface area contributed by atoms with Gasteiger partial charge >= 0.3 is 11.9 Å². The second kappa shape index (κ2) is 4.34. The van der Waals surface area contributed by atoms with Gasteiger partial charge in [0.15, 0.2) is 6.10 Å². The van der Waals surface area contributed by atoms with Crippen LogP contribution in [0.15, 0.2) is 0 Å². The first-order chi connectivity index (χ1) is 5.11. The molecule has 0 aromatic carbocycles. The van der Waals surface area contributed by atoms with E-state index in [1.54, 1.807) is 6.92 Å². The molecule has 0 heterocycles. The topological polar surface area (TPSA) is 63.6 Å². The minimum atomic E-state index is -1.63. The van der Waals surface area contributed by atoms with E-state index in [0.717, 1.165) is 0 Å². The third kappa shape index (κ3) is 3.26. The lowest BCUT2D eigenvalue weighted by Gasteiger charge is -2.06. The Balaban J connectivity index is 3.94. The molecule has 60 valence electrons. The molecule has 0 aromatic rings. The first-order valence-electron chi connectivity index (χ1n) is 3.01. The summed E-state index contributed by atoms with van der Waals surface area (Å²) >= 11 is 0. The van der Waals surface area contributed by atoms with Crippen molar-refractivity contribution in [3.8, 4) is 12.3 Å². The Labute approximate surface area is 64.2 Å². The van der Waals surface area contributed by atoms with Gasteiger partial charge in [0.1, 0.15) is 0 Å². The summed E-state index contributed by atoms with van der Waals surface area (Å²) in [7, 11) is 0. The molecule has 1 N–H and O–H groups in total. The van der Waals surface area contributed by atoms with Crippen LogP contribution in [0.2, 0.25) is 0 Å². The molecule has 4 heteroatoms. The molecule has 0 amide bonds. The van der Waals surface area contributed by atoms with E-state index >= 15 is 0 Å². The molecule has 0 radical (unpaired) electrons. The monoisotopic (exact) mass is 156 g/mol. The van der Waals surface area contributed by atoms with Crippen molar-refractivity contribution in [2.24, 2.45) is 0 Å². The van der Waals surface area contributed by atoms with Gasteiger partial charge in [-0.25, -0.2) is 9.59 Å². The fourth-order valence-electron chi connectivity index (χ4n) is 0.415. The predicted molar refractivity (Wildman–Crippen MR) is 36.6 cm³/mol. The molecule has 0 saturated carbocycles. The molecule has 0 aliphatic heterocycles. The Hall–Kier alpha value is -1.50. The predicted octanol–water partition coefficient (Wildman–Crippen LogP) is 0.0260. The molecule has 0 aromatic heterocycles. The first-order valence-corrected chi connectivity index (χ1v) is 3.01. The van der Waals surface area contributed by atoms with Gasteiger partial charge in [-0.05, 0) is 6.42 Å². The number of terminal acetylenes is 1. The average Bonchev–Trinajstić information content (AvgIpc) is 1.99. The summed E-state index contributed by atoms with van der Waals surface area (Å²) in [5, 5.41) is 8.08. The van der Waals surface area contributed by atoms with Crippen LogP contribution in [-0.4, -0.2) is 23.1 Å². The average molecular weight is 156 g/mol. The molecule has 0 spiro atoms. The maximum Gasteiger partial charge on any atom is 0.418 e. The van der Waals surface area contributed by atoms with Crippen LogP contribution in [0.5, 0.6) is 0 Å². The number of aliphatic carboxylic acids is 1. The first kappa shape index (κ1) is 9.50. The maximum absolute atomic E-state index is 10.4. The molecule has 11 heavy (non-hydrogen) atoms. The van der Waals surface area contributed by atoms with Gasteiger partial charge in [-0.3, -0.25) is 0 Å². The number of esters is 1. The Morgan fingerprint density at radius 1 is 1.73 bits per heavy atom. The molecule has 1 unspecified atom stereocenters. The van der Waals surface area contributed by atoms with Crippen LogP contribution in [0.4, 0.5) is 0 Å². The number of carboxylic acid groups (broad SMARTS) is 1. The van der Waals surface area contributed by atoms with Gasteiger partial charge in [0.25, 0.3) is 0 Å². The highest BCUT2D eigenvalue weighted by Gasteiger charge is 2.16. The quantitative estimate of drug-likeness (QED) is 0.348. The molecule has 0 aliphatic rings. The Morgan fingerprint density at radius 2 is 2.27 bits per heavy atom. The van der Waals surface area contributed by atoms with Crippen molar-refractivity contribution in [2.75, 3.05) is 0 Å². The summed E-state index contributed by atoms with van der Waals surface area (Å²) in [6.07, 6.45) is 4.59. The van der Waals surface area contributed by atoms with Crippen molar-refractivity contribution in [1.82, 2.24) is 0 Å². The minimum Gasteiger partial charge on any atom is -0.473 e. The van der Waals surface area contributed by atoms with E-state index < -0.39 is 18.0 Å². The lowest BCUT2D eigenvalue weighted by atomic mass is 10.3. The standard InChI is InChI=1S/C7H8O4/c1-3-5(4-2)11-7(10)6(8)9/h1,5H,4H2,2H3,(H,8,9). The molecule has 0 fully saturated rings. The summed E-state index contributed by atoms with van der Waals surface area (Å²) in [6, 6.07) is 0. The number of ether oxygens (including phenoxy) is 1. The molecule has 0 rings (SSSR count). The Morgan fingerprint density at radius 3 is 2.55 bits per heavy atom. The molecule has 0 bridgehead atoms. The van der Waals surface area contributed by atoms with Gasteiger partial charge in [-0.1, -0.05) is 12.8 Å². The fraction of sp³-hybridized carbons (Fsp3) is 0.429. The normalized spacial score (nSPS) is 11.3. The van der Waals surface area contributed by atoms with E-state index in [2.05, 4.69) is 10.7 Å². The zero-order valence-electron chi connectivity index (χ0n) is 6.03. The van der Waals surface area contributed by atoms with Gasteiger partial charge in [0.2, 0.25) is 0 Å². The minimum absolute atomic E-state index is 0.412. The van der Waals surface area contributed by atoms with Crippen molar-refractivity contribution in [2.45, 2.75) is 19.4 Å². The number of carboxylic acids is 1. The lowest BCUT2D eigenvalue weighted by Crippen LogP contribution is -2.22. The van der Waals surface area contributed by atoms with Crippen molar-refractivity contribution in [3.05, 3.63) is 0 Å². The van der Waals surface area contributed by atoms with Gasteiger partial charge in [-0.2, -0.15) is 0 Å². The van der Waals surface area contributed by atoms with E-state index in [1.807, 2.05) is 0 Å². The number of carbonyl (C=O) groups excluding carboxylic acids is 1. The zero-order valence-corrected chi connectivity index (χ0v) is 6.03. The van der Waals surface area contributed by atoms with Crippen molar-refractivity contribution in [3.63, 3.8) is 0 Å². The van der Waals surface area contributed by atoms with Gasteiger partial charge < -0.3 is 9.84 Å². The third-order valence-corrected chi connectivity index (χ3v) is 0.981. The highest BCUT2D eigenvalue weighted by Crippen LogP contribution is 1.95. The number of rotatable bonds is 2. The van der Waals surface area contributed by atoms with Gasteiger partial charge in [0, 0.05) is 0 Å². The summed E-state index contributed by atoms with van der Waals surface area (Å²) in [4.78, 5) is 20.3. The maximum atomic E-state index is 10.4. The van der Waals surface area contributed by atoms with E-state index in [9.17, 15) is 9.59 Å². The number of hydrogen-bond acceptors (Lipinski definition) is 3. The number of carbonyl (C=O) groups is 2. The summed E-state index contributed by atoms with van der Waals surface area (Å²) in [5.41, 5.74) is 0. The molecular formula is C7H8O4. The van der Waals surface area contributed by atoms with E-state index in [0.29, 0.717) is 6.42 Å². The van der Waals surface area contributed by atoms with Crippen LogP contribution in [0.25, 0.3) is 0 Å². The van der Waals surface area contributed by atoms with Gasteiger partial charge in [-0.15, -0.1) is 6.42 Å². The highest BCUT2D eigenvalue weighted by atomic mass is 16.6. The molecule has 1 atom stereocenters. The van der Waals surface area contributed by atoms with Crippen LogP contribution in [0.3, 0.4) is 0 Å². The number of hydrogen-bond donors (Lipinski definition) is 1. The third-order valence-electron chi connectivity index (χ3n) is 0.981. The van der Waals surface area contributed by atoms with Crippen molar-refractivity contribution >= 4 is 11.9 Å². The summed E-state index contributed by atoms with van der Waals surface area (Å²) < 4.78 is 4.34. The molecule has 0 aliphatic carbocycles. The van der Waals surface area contributed by atoms with Gasteiger partial charge in [0.05, 0.1) is 0 Å². The Bertz CT molecular complexity index is 201. The second-order valence-corrected chi connectivity index (χ2v) is 1.77. The van der Waals surface area contributed by atoms with E-state index in [4.69, 9.17) is 11.5 Å². The van der Waals surface area contributed by atoms with Crippen LogP contribution < -0.4 is 0 Å². The van der Waals surface area contributed by atoms with Crippen molar-refractivity contribution in [1.29, 1.82) is 0 Å². The summed E-state index contributed by atoms with van der Waals surface area (Å²) in [5.74, 6) is -0.805. The van der Waals surface area contributed by atoms with Crippen LogP contribution in [-0.2, 0) is 14.3 Å². The van der Waals surface area contributed by atoms with E-state index in [1.165, 1.54) is 0 Å². The van der Waals surface area contributed by atoms with Crippen LogP contribution >= 0.6 is 0 Å². The fourth-order valence-corrected chi connectivity index (χ4v) is 0.415. The molecule has 0 saturated heterocycles. The molecule has 4 nitrogen and oxygen atoms in total. The van der Waals surface area contributed by atoms with Crippen LogP contribution in [0, 0.1) is 12.3 Å². The van der Waals surface area contributed by atoms with Crippen LogP contribution in [0.1, 0.15) is 13.3 Å². The smallest absolute Gasteiger partial charge is 0.418 e. The lowest BCUT2D eigenvalue weighted by molar-refractivity contribution is -0.165. The summed E-state index contributed by atoms with van der Waals surface area (Å²) in [6.45, 7) is 1.69. The Kier molecular flexibility index (Phi) is 3.75.